The summed E-state index contributed by atoms with van der Waals surface area (Å²) in [6, 6.07) is 7.56. The van der Waals surface area contributed by atoms with Crippen molar-refractivity contribution in [3.05, 3.63) is 24.3 Å². The number of morpholine rings is 1. The van der Waals surface area contributed by atoms with E-state index in [2.05, 4.69) is 20.5 Å². The van der Waals surface area contributed by atoms with Crippen LogP contribution in [0.5, 0.6) is 11.5 Å². The number of para-hydroxylation sites is 2. The van der Waals surface area contributed by atoms with Gasteiger partial charge in [0.2, 0.25) is 5.91 Å². The molecule has 1 amide bonds. The maximum Gasteiger partial charge on any atom is 0.243 e. The highest BCUT2D eigenvalue weighted by Crippen LogP contribution is 2.26. The second kappa shape index (κ2) is 13.7. The molecule has 1 aliphatic heterocycles. The third-order valence-electron chi connectivity index (χ3n) is 4.87. The molecule has 0 bridgehead atoms. The lowest BCUT2D eigenvalue weighted by molar-refractivity contribution is -0.127. The van der Waals surface area contributed by atoms with E-state index in [0.717, 1.165) is 45.8 Å². The van der Waals surface area contributed by atoms with Crippen molar-refractivity contribution < 1.29 is 19.0 Å². The number of guanidine groups is 1. The van der Waals surface area contributed by atoms with Crippen LogP contribution in [-0.4, -0.2) is 101 Å². The van der Waals surface area contributed by atoms with E-state index in [1.54, 1.807) is 21.2 Å². The summed E-state index contributed by atoms with van der Waals surface area (Å²) in [5.41, 5.74) is 0. The predicted octanol–water partition coefficient (Wildman–Crippen LogP) is 0.808. The van der Waals surface area contributed by atoms with Crippen LogP contribution in [0.1, 0.15) is 13.3 Å². The number of nitrogens with zero attached hydrogens (tertiary/aromatic N) is 3. The molecule has 9 nitrogen and oxygen atoms in total. The number of carbonyl (C=O) groups is 1. The van der Waals surface area contributed by atoms with Crippen molar-refractivity contribution in [3.8, 4) is 11.5 Å². The number of rotatable bonds is 11. The highest BCUT2D eigenvalue weighted by atomic mass is 16.5. The van der Waals surface area contributed by atoms with E-state index in [1.165, 1.54) is 4.90 Å². The van der Waals surface area contributed by atoms with Crippen molar-refractivity contribution in [2.45, 2.75) is 19.4 Å². The fraction of sp³-hybridized carbons (Fsp3) is 0.636. The van der Waals surface area contributed by atoms with E-state index in [-0.39, 0.29) is 18.6 Å². The van der Waals surface area contributed by atoms with E-state index in [4.69, 9.17) is 14.2 Å². The number of ether oxygens (including phenoxy) is 3. The Kier molecular flexibility index (Phi) is 10.9. The molecular weight excluding hydrogens is 398 g/mol. The van der Waals surface area contributed by atoms with Crippen molar-refractivity contribution in [2.24, 2.45) is 4.99 Å². The lowest BCUT2D eigenvalue weighted by atomic mass is 10.3. The van der Waals surface area contributed by atoms with Crippen molar-refractivity contribution in [3.63, 3.8) is 0 Å². The summed E-state index contributed by atoms with van der Waals surface area (Å²) in [5.74, 6) is 1.94. The zero-order valence-corrected chi connectivity index (χ0v) is 19.2. The highest BCUT2D eigenvalue weighted by Gasteiger charge is 2.12. The van der Waals surface area contributed by atoms with Crippen LogP contribution < -0.4 is 20.1 Å². The molecule has 1 unspecified atom stereocenters. The van der Waals surface area contributed by atoms with Gasteiger partial charge in [0, 0.05) is 33.7 Å². The van der Waals surface area contributed by atoms with E-state index in [9.17, 15) is 4.79 Å². The number of likely N-dealkylation sites (N-methyl/N-ethyl adjacent to an activating group) is 1. The second-order valence-corrected chi connectivity index (χ2v) is 7.65. The van der Waals surface area contributed by atoms with Gasteiger partial charge in [-0.3, -0.25) is 9.69 Å². The Morgan fingerprint density at radius 1 is 1.23 bits per heavy atom. The van der Waals surface area contributed by atoms with Crippen LogP contribution in [0.4, 0.5) is 0 Å². The monoisotopic (exact) mass is 435 g/mol. The quantitative estimate of drug-likeness (QED) is 0.302. The molecule has 31 heavy (non-hydrogen) atoms. The lowest BCUT2D eigenvalue weighted by Crippen LogP contribution is -2.44. The molecule has 1 aromatic carbocycles. The van der Waals surface area contributed by atoms with Crippen LogP contribution in [-0.2, 0) is 9.53 Å². The first-order chi connectivity index (χ1) is 15.0. The van der Waals surface area contributed by atoms with Crippen LogP contribution in [0.25, 0.3) is 0 Å². The summed E-state index contributed by atoms with van der Waals surface area (Å²) in [6.45, 7) is 7.94. The average Bonchev–Trinajstić information content (AvgIpc) is 2.78. The number of amides is 1. The van der Waals surface area contributed by atoms with Crippen LogP contribution in [0.2, 0.25) is 0 Å². The summed E-state index contributed by atoms with van der Waals surface area (Å²) in [7, 11) is 5.08. The number of benzene rings is 1. The van der Waals surface area contributed by atoms with Gasteiger partial charge in [-0.2, -0.15) is 0 Å². The van der Waals surface area contributed by atoms with E-state index in [1.807, 2.05) is 31.2 Å². The molecule has 1 heterocycles. The van der Waals surface area contributed by atoms with Gasteiger partial charge in [0.05, 0.1) is 26.9 Å². The van der Waals surface area contributed by atoms with Gasteiger partial charge >= 0.3 is 0 Å². The minimum atomic E-state index is -0.124. The molecule has 1 saturated heterocycles. The molecule has 2 N–H and O–H groups in total. The summed E-state index contributed by atoms with van der Waals surface area (Å²) in [6.07, 6.45) is 0.858. The smallest absolute Gasteiger partial charge is 0.243 e. The Balaban J connectivity index is 1.83. The Labute approximate surface area is 185 Å². The predicted molar refractivity (Wildman–Crippen MR) is 122 cm³/mol. The molecule has 1 aromatic rings. The molecule has 1 atom stereocenters. The Morgan fingerprint density at radius 3 is 2.61 bits per heavy atom. The maximum absolute atomic E-state index is 11.9. The third-order valence-corrected chi connectivity index (χ3v) is 4.87. The molecule has 0 spiro atoms. The van der Waals surface area contributed by atoms with Gasteiger partial charge < -0.3 is 29.7 Å². The molecule has 0 aromatic heterocycles. The lowest BCUT2D eigenvalue weighted by Gasteiger charge is -2.26. The molecule has 1 fully saturated rings. The van der Waals surface area contributed by atoms with E-state index >= 15 is 0 Å². The fourth-order valence-corrected chi connectivity index (χ4v) is 3.01. The molecule has 0 aliphatic carbocycles. The number of methoxy groups -OCH3 is 1. The zero-order valence-electron chi connectivity index (χ0n) is 19.2. The summed E-state index contributed by atoms with van der Waals surface area (Å²) >= 11 is 0. The minimum absolute atomic E-state index is 0.0484. The molecule has 0 saturated carbocycles. The van der Waals surface area contributed by atoms with E-state index in [0.29, 0.717) is 24.0 Å². The van der Waals surface area contributed by atoms with Gasteiger partial charge in [-0.05, 0) is 32.0 Å². The molecule has 2 rings (SSSR count). The van der Waals surface area contributed by atoms with Crippen LogP contribution >= 0.6 is 0 Å². The Hall–Kier alpha value is -2.52. The van der Waals surface area contributed by atoms with Crippen LogP contribution in [0, 0.1) is 0 Å². The Bertz CT molecular complexity index is 692. The second-order valence-electron chi connectivity index (χ2n) is 7.65. The van der Waals surface area contributed by atoms with E-state index < -0.39 is 0 Å². The van der Waals surface area contributed by atoms with Gasteiger partial charge in [0.1, 0.15) is 12.6 Å². The topological polar surface area (TPSA) is 87.7 Å². The number of carbonyl (C=O) groups excluding carboxylic acids is 1. The molecular formula is C22H37N5O4. The van der Waals surface area contributed by atoms with Crippen molar-refractivity contribution in [1.82, 2.24) is 20.4 Å². The fourth-order valence-electron chi connectivity index (χ4n) is 3.01. The summed E-state index contributed by atoms with van der Waals surface area (Å²) in [5, 5.41) is 6.60. The number of aliphatic imine (C=N–C) groups is 1. The third kappa shape index (κ3) is 9.44. The Morgan fingerprint density at radius 2 is 1.94 bits per heavy atom. The van der Waals surface area contributed by atoms with Crippen LogP contribution in [0.3, 0.4) is 0 Å². The van der Waals surface area contributed by atoms with Crippen molar-refractivity contribution in [1.29, 1.82) is 0 Å². The zero-order chi connectivity index (χ0) is 22.5. The van der Waals surface area contributed by atoms with Gasteiger partial charge in [-0.15, -0.1) is 0 Å². The van der Waals surface area contributed by atoms with Gasteiger partial charge in [-0.25, -0.2) is 4.99 Å². The van der Waals surface area contributed by atoms with Gasteiger partial charge in [-0.1, -0.05) is 12.1 Å². The molecule has 1 aliphatic rings. The summed E-state index contributed by atoms with van der Waals surface area (Å²) < 4.78 is 16.7. The number of hydrogen-bond donors (Lipinski definition) is 2. The number of nitrogens with one attached hydrogen (secondary N) is 2. The van der Waals surface area contributed by atoms with Gasteiger partial charge in [0.25, 0.3) is 0 Å². The SMILES string of the molecule is COc1ccccc1OC(C)CNC(=NCC(=O)N(C)C)NCCCN1CCOCC1. The maximum atomic E-state index is 11.9. The van der Waals surface area contributed by atoms with Gasteiger partial charge in [0.15, 0.2) is 17.5 Å². The largest absolute Gasteiger partial charge is 0.493 e. The van der Waals surface area contributed by atoms with Crippen LogP contribution in [0.15, 0.2) is 29.3 Å². The number of hydrogen-bond acceptors (Lipinski definition) is 6. The molecule has 174 valence electrons. The van der Waals surface area contributed by atoms with Crippen molar-refractivity contribution in [2.75, 3.05) is 73.7 Å². The highest BCUT2D eigenvalue weighted by molar-refractivity contribution is 5.84. The molecule has 9 heteroatoms. The van der Waals surface area contributed by atoms with Crippen molar-refractivity contribution >= 4 is 11.9 Å². The molecule has 0 radical (unpaired) electrons. The minimum Gasteiger partial charge on any atom is -0.493 e. The first-order valence-electron chi connectivity index (χ1n) is 10.8. The summed E-state index contributed by atoms with van der Waals surface area (Å²) in [4.78, 5) is 20.3. The normalized spacial score (nSPS) is 15.8. The first kappa shape index (κ1) is 24.7. The standard InChI is InChI=1S/C22H37N5O4/c1-18(31-20-9-6-5-8-19(20)29-4)16-24-22(25-17-21(28)26(2)3)23-10-7-11-27-12-14-30-15-13-27/h5-6,8-9,18H,7,10-17H2,1-4H3,(H2,23,24,25). The first-order valence-corrected chi connectivity index (χ1v) is 10.8. The average molecular weight is 436 g/mol.